The van der Waals surface area contributed by atoms with Crippen LogP contribution >= 0.6 is 0 Å². The zero-order valence-electron chi connectivity index (χ0n) is 14.2. The van der Waals surface area contributed by atoms with Crippen molar-refractivity contribution in [2.75, 3.05) is 39.3 Å². The Labute approximate surface area is 131 Å². The van der Waals surface area contributed by atoms with E-state index in [1.54, 1.807) is 0 Å². The lowest BCUT2D eigenvalue weighted by Gasteiger charge is -2.46. The predicted octanol–water partition coefficient (Wildman–Crippen LogP) is 2.57. The first-order valence-electron chi connectivity index (χ1n) is 9.43. The molecule has 0 aromatic carbocycles. The normalized spacial score (nSPS) is 37.7. The Balaban J connectivity index is 1.58. The van der Waals surface area contributed by atoms with Crippen LogP contribution in [-0.2, 0) is 0 Å². The van der Waals surface area contributed by atoms with Crippen LogP contribution in [0.25, 0.3) is 0 Å². The molecule has 0 radical (unpaired) electrons. The molecule has 0 aromatic heterocycles. The zero-order chi connectivity index (χ0) is 14.7. The van der Waals surface area contributed by atoms with Gasteiger partial charge < -0.3 is 10.2 Å². The highest BCUT2D eigenvalue weighted by atomic mass is 15.2. The number of likely N-dealkylation sites (tertiary alicyclic amines) is 2. The molecule has 0 amide bonds. The molecule has 3 rings (SSSR count). The number of rotatable bonds is 3. The smallest absolute Gasteiger partial charge is 0.0261 e. The summed E-state index contributed by atoms with van der Waals surface area (Å²) in [5.41, 5.74) is 0. The van der Waals surface area contributed by atoms with Crippen molar-refractivity contribution < 1.29 is 0 Å². The lowest BCUT2D eigenvalue weighted by atomic mass is 9.87. The van der Waals surface area contributed by atoms with Gasteiger partial charge in [0.05, 0.1) is 0 Å². The summed E-state index contributed by atoms with van der Waals surface area (Å²) in [7, 11) is 0. The van der Waals surface area contributed by atoms with E-state index in [4.69, 9.17) is 0 Å². The van der Waals surface area contributed by atoms with Crippen LogP contribution in [0.1, 0.15) is 52.4 Å². The molecule has 3 nitrogen and oxygen atoms in total. The number of nitrogens with zero attached hydrogens (tertiary/aromatic N) is 2. The summed E-state index contributed by atoms with van der Waals surface area (Å²) in [6.07, 6.45) is 8.46. The summed E-state index contributed by atoms with van der Waals surface area (Å²) in [6, 6.07) is 1.61. The lowest BCUT2D eigenvalue weighted by Crippen LogP contribution is -2.56. The van der Waals surface area contributed by atoms with Crippen molar-refractivity contribution in [3.8, 4) is 0 Å². The predicted molar refractivity (Wildman–Crippen MR) is 89.6 cm³/mol. The first-order chi connectivity index (χ1) is 10.2. The second-order valence-corrected chi connectivity index (χ2v) is 7.88. The summed E-state index contributed by atoms with van der Waals surface area (Å²) in [6.45, 7) is 12.7. The fraction of sp³-hybridized carbons (Fsp3) is 1.00. The largest absolute Gasteiger partial charge is 0.315 e. The van der Waals surface area contributed by atoms with E-state index >= 15 is 0 Å². The van der Waals surface area contributed by atoms with Gasteiger partial charge in [-0.25, -0.2) is 0 Å². The minimum Gasteiger partial charge on any atom is -0.315 e. The van der Waals surface area contributed by atoms with Crippen molar-refractivity contribution >= 4 is 0 Å². The number of hydrogen-bond acceptors (Lipinski definition) is 3. The summed E-state index contributed by atoms with van der Waals surface area (Å²) >= 11 is 0. The summed E-state index contributed by atoms with van der Waals surface area (Å²) in [5.74, 6) is 1.83. The Kier molecular flexibility index (Phi) is 5.58. The summed E-state index contributed by atoms with van der Waals surface area (Å²) in [5, 5.41) is 3.66. The van der Waals surface area contributed by atoms with Gasteiger partial charge in [0.2, 0.25) is 0 Å². The minimum absolute atomic E-state index is 0.792. The van der Waals surface area contributed by atoms with Gasteiger partial charge in [0, 0.05) is 25.2 Å². The molecule has 3 atom stereocenters. The number of piperidine rings is 3. The van der Waals surface area contributed by atoms with Crippen LogP contribution in [-0.4, -0.2) is 61.2 Å². The van der Waals surface area contributed by atoms with Crippen LogP contribution in [0.5, 0.6) is 0 Å². The molecule has 3 aliphatic rings. The Hall–Kier alpha value is -0.120. The third kappa shape index (κ3) is 4.00. The van der Waals surface area contributed by atoms with E-state index in [9.17, 15) is 0 Å². The molecule has 0 spiro atoms. The Bertz CT molecular complexity index is 312. The van der Waals surface area contributed by atoms with E-state index in [1.165, 1.54) is 77.8 Å². The Morgan fingerprint density at radius 1 is 0.952 bits per heavy atom. The SMILES string of the molecule is CC1CCN(C2CNCCC2CN2CCCCC2C)CC1. The van der Waals surface area contributed by atoms with Crippen molar-refractivity contribution in [2.24, 2.45) is 11.8 Å². The maximum absolute atomic E-state index is 3.66. The molecule has 3 heteroatoms. The average Bonchev–Trinajstić information content (AvgIpc) is 2.51. The van der Waals surface area contributed by atoms with Crippen LogP contribution in [0.2, 0.25) is 0 Å². The van der Waals surface area contributed by atoms with Crippen molar-refractivity contribution in [3.63, 3.8) is 0 Å². The van der Waals surface area contributed by atoms with Crippen molar-refractivity contribution in [1.82, 2.24) is 15.1 Å². The molecule has 3 fully saturated rings. The van der Waals surface area contributed by atoms with Gasteiger partial charge >= 0.3 is 0 Å². The van der Waals surface area contributed by atoms with Crippen LogP contribution in [0, 0.1) is 11.8 Å². The Morgan fingerprint density at radius 2 is 1.76 bits per heavy atom. The number of hydrogen-bond donors (Lipinski definition) is 1. The van der Waals surface area contributed by atoms with Gasteiger partial charge in [0.15, 0.2) is 0 Å². The molecule has 0 bridgehead atoms. The monoisotopic (exact) mass is 293 g/mol. The van der Waals surface area contributed by atoms with Gasteiger partial charge in [-0.2, -0.15) is 0 Å². The highest BCUT2D eigenvalue weighted by molar-refractivity contribution is 4.90. The molecule has 21 heavy (non-hydrogen) atoms. The molecule has 0 aliphatic carbocycles. The molecule has 0 aromatic rings. The third-order valence-electron chi connectivity index (χ3n) is 6.29. The molecular formula is C18H35N3. The molecule has 1 N–H and O–H groups in total. The fourth-order valence-corrected chi connectivity index (χ4v) is 4.63. The van der Waals surface area contributed by atoms with E-state index in [0.717, 1.165) is 23.9 Å². The standard InChI is InChI=1S/C18H35N3/c1-15-7-11-20(12-8-15)18-13-19-9-6-17(18)14-21-10-4-3-5-16(21)2/h15-19H,3-14H2,1-2H3. The Morgan fingerprint density at radius 3 is 2.52 bits per heavy atom. The van der Waals surface area contributed by atoms with Gasteiger partial charge in [0.25, 0.3) is 0 Å². The van der Waals surface area contributed by atoms with Crippen molar-refractivity contribution in [3.05, 3.63) is 0 Å². The van der Waals surface area contributed by atoms with E-state index in [-0.39, 0.29) is 0 Å². The third-order valence-corrected chi connectivity index (χ3v) is 6.29. The molecule has 3 unspecified atom stereocenters. The number of nitrogens with one attached hydrogen (secondary N) is 1. The summed E-state index contributed by atoms with van der Waals surface area (Å²) < 4.78 is 0. The lowest BCUT2D eigenvalue weighted by molar-refractivity contribution is 0.0453. The van der Waals surface area contributed by atoms with Gasteiger partial charge in [-0.3, -0.25) is 4.90 Å². The highest BCUT2D eigenvalue weighted by Crippen LogP contribution is 2.27. The van der Waals surface area contributed by atoms with Crippen molar-refractivity contribution in [1.29, 1.82) is 0 Å². The molecule has 122 valence electrons. The zero-order valence-corrected chi connectivity index (χ0v) is 14.2. The molecule has 3 saturated heterocycles. The topological polar surface area (TPSA) is 18.5 Å². The van der Waals surface area contributed by atoms with Crippen molar-refractivity contribution in [2.45, 2.75) is 64.5 Å². The van der Waals surface area contributed by atoms with E-state index in [0.29, 0.717) is 0 Å². The van der Waals surface area contributed by atoms with E-state index in [1.807, 2.05) is 0 Å². The van der Waals surface area contributed by atoms with Crippen LogP contribution in [0.15, 0.2) is 0 Å². The van der Waals surface area contributed by atoms with E-state index < -0.39 is 0 Å². The molecule has 3 aliphatic heterocycles. The first-order valence-corrected chi connectivity index (χ1v) is 9.43. The highest BCUT2D eigenvalue weighted by Gasteiger charge is 2.33. The van der Waals surface area contributed by atoms with E-state index in [2.05, 4.69) is 29.0 Å². The van der Waals surface area contributed by atoms with Crippen LogP contribution < -0.4 is 5.32 Å². The van der Waals surface area contributed by atoms with Gasteiger partial charge in [-0.05, 0) is 77.0 Å². The maximum atomic E-state index is 3.66. The first kappa shape index (κ1) is 15.8. The van der Waals surface area contributed by atoms with Gasteiger partial charge in [-0.1, -0.05) is 13.3 Å². The van der Waals surface area contributed by atoms with Gasteiger partial charge in [0.1, 0.15) is 0 Å². The summed E-state index contributed by atoms with van der Waals surface area (Å²) in [4.78, 5) is 5.60. The second kappa shape index (κ2) is 7.43. The molecule has 3 heterocycles. The van der Waals surface area contributed by atoms with Crippen LogP contribution in [0.4, 0.5) is 0 Å². The van der Waals surface area contributed by atoms with Gasteiger partial charge in [-0.15, -0.1) is 0 Å². The second-order valence-electron chi connectivity index (χ2n) is 7.88. The quantitative estimate of drug-likeness (QED) is 0.863. The molecule has 0 saturated carbocycles. The average molecular weight is 293 g/mol. The van der Waals surface area contributed by atoms with Crippen LogP contribution in [0.3, 0.4) is 0 Å². The minimum atomic E-state index is 0.792. The maximum Gasteiger partial charge on any atom is 0.0261 e. The fourth-order valence-electron chi connectivity index (χ4n) is 4.63. The molecular weight excluding hydrogens is 258 g/mol.